The summed E-state index contributed by atoms with van der Waals surface area (Å²) < 4.78 is 6.10. The van der Waals surface area contributed by atoms with Gasteiger partial charge in [-0.25, -0.2) is 9.78 Å². The second kappa shape index (κ2) is 12.8. The lowest BCUT2D eigenvalue weighted by molar-refractivity contribution is -0.134. The number of carboxylic acid groups (broad SMARTS) is 1. The smallest absolute Gasteiger partial charge is 0.355 e. The van der Waals surface area contributed by atoms with Gasteiger partial charge >= 0.3 is 5.97 Å². The molecule has 1 fully saturated rings. The first-order valence-corrected chi connectivity index (χ1v) is 15.8. The predicted octanol–water partition coefficient (Wildman–Crippen LogP) is 3.97. The van der Waals surface area contributed by atoms with E-state index in [1.165, 1.54) is 23.5 Å². The Morgan fingerprint density at radius 2 is 1.79 bits per heavy atom. The molecule has 12 nitrogen and oxygen atoms in total. The van der Waals surface area contributed by atoms with E-state index < -0.39 is 41.3 Å². The van der Waals surface area contributed by atoms with Crippen molar-refractivity contribution in [3.05, 3.63) is 87.0 Å². The Bertz CT molecular complexity index is 1960. The van der Waals surface area contributed by atoms with Crippen LogP contribution in [0.2, 0.25) is 0 Å². The number of thiophene rings is 1. The fraction of sp³-hybridized carbons (Fsp3) is 0.235. The summed E-state index contributed by atoms with van der Waals surface area (Å²) in [6.07, 6.45) is 0.820. The van der Waals surface area contributed by atoms with Gasteiger partial charge in [0.2, 0.25) is 11.8 Å². The van der Waals surface area contributed by atoms with E-state index in [4.69, 9.17) is 10.5 Å². The average Bonchev–Trinajstić information content (AvgIpc) is 3.44. The number of amides is 4. The Hall–Kier alpha value is -5.40. The number of aryl methyl sites for hydroxylation is 2. The topological polar surface area (TPSA) is 190 Å². The van der Waals surface area contributed by atoms with Crippen molar-refractivity contribution in [2.75, 3.05) is 11.9 Å². The zero-order chi connectivity index (χ0) is 33.4. The van der Waals surface area contributed by atoms with Crippen LogP contribution in [0.4, 0.5) is 5.69 Å². The minimum absolute atomic E-state index is 0.0534. The van der Waals surface area contributed by atoms with Crippen molar-refractivity contribution < 1.29 is 33.8 Å². The Labute approximate surface area is 273 Å². The van der Waals surface area contributed by atoms with E-state index in [-0.39, 0.29) is 35.2 Å². The van der Waals surface area contributed by atoms with Gasteiger partial charge in [0.05, 0.1) is 6.61 Å². The maximum atomic E-state index is 14.2. The second-order valence-electron chi connectivity index (χ2n) is 11.4. The number of benzene rings is 2. The molecule has 6 rings (SSSR count). The van der Waals surface area contributed by atoms with Crippen LogP contribution < -0.4 is 26.4 Å². The molecule has 4 aromatic rings. The van der Waals surface area contributed by atoms with Crippen LogP contribution in [0.1, 0.15) is 66.4 Å². The third kappa shape index (κ3) is 6.22. The van der Waals surface area contributed by atoms with Crippen molar-refractivity contribution in [3.63, 3.8) is 0 Å². The fourth-order valence-corrected chi connectivity index (χ4v) is 6.88. The molecule has 4 amide bonds. The lowest BCUT2D eigenvalue weighted by Gasteiger charge is -2.22. The summed E-state index contributed by atoms with van der Waals surface area (Å²) in [4.78, 5) is 68.6. The molecular weight excluding hydrogens is 622 g/mol. The quantitative estimate of drug-likeness (QED) is 0.184. The van der Waals surface area contributed by atoms with Crippen molar-refractivity contribution >= 4 is 46.6 Å². The van der Waals surface area contributed by atoms with E-state index in [9.17, 15) is 29.1 Å². The maximum absolute atomic E-state index is 14.2. The number of hydrogen-bond donors (Lipinski definition) is 5. The molecule has 1 atom stereocenters. The van der Waals surface area contributed by atoms with Crippen LogP contribution in [0.3, 0.4) is 0 Å². The predicted molar refractivity (Wildman–Crippen MR) is 175 cm³/mol. The number of anilines is 1. The van der Waals surface area contributed by atoms with E-state index in [0.29, 0.717) is 36.6 Å². The lowest BCUT2D eigenvalue weighted by Crippen LogP contribution is -2.52. The summed E-state index contributed by atoms with van der Waals surface area (Å²) >= 11 is 1.52. The van der Waals surface area contributed by atoms with E-state index in [1.807, 2.05) is 37.4 Å². The highest BCUT2D eigenvalue weighted by molar-refractivity contribution is 7.13. The normalized spacial score (nSPS) is 15.4. The van der Waals surface area contributed by atoms with Gasteiger partial charge in [-0.1, -0.05) is 12.1 Å². The molecule has 4 heterocycles. The Morgan fingerprint density at radius 1 is 1.02 bits per heavy atom. The average molecular weight is 654 g/mol. The Morgan fingerprint density at radius 3 is 2.49 bits per heavy atom. The highest BCUT2D eigenvalue weighted by atomic mass is 32.1. The van der Waals surface area contributed by atoms with Gasteiger partial charge < -0.3 is 26.2 Å². The van der Waals surface area contributed by atoms with Crippen LogP contribution >= 0.6 is 11.3 Å². The van der Waals surface area contributed by atoms with Crippen LogP contribution in [-0.4, -0.2) is 52.3 Å². The molecule has 1 unspecified atom stereocenters. The fourth-order valence-electron chi connectivity index (χ4n) is 5.91. The number of nitrogens with two attached hydrogens (primary N) is 1. The molecule has 0 aliphatic carbocycles. The van der Waals surface area contributed by atoms with E-state index >= 15 is 0 Å². The standard InChI is InChI=1S/C34H31N5O7S/c1-16-11-18(15-35)12-17(2)28(16)39-31(41)22-13-23-26(46-9-7-19-8-10-47-30(19)23)14-21(22)20-3-4-24(36-29(20)34(44)45)32(42)37-25-5-6-27(40)38-33(25)43/h3-4,8,10-14,25H,5-7,9,15,35H2,1-2H3,(H,37,42)(H,39,41)(H,44,45)(H,38,40,43). The van der Waals surface area contributed by atoms with Gasteiger partial charge in [0.1, 0.15) is 17.5 Å². The summed E-state index contributed by atoms with van der Waals surface area (Å²) in [6, 6.07) is 10.9. The summed E-state index contributed by atoms with van der Waals surface area (Å²) in [5.41, 5.74) is 10.6. The number of rotatable bonds is 7. The lowest BCUT2D eigenvalue weighted by atomic mass is 9.93. The van der Waals surface area contributed by atoms with Crippen molar-refractivity contribution in [2.45, 2.75) is 45.7 Å². The number of hydrogen-bond acceptors (Lipinski definition) is 9. The highest BCUT2D eigenvalue weighted by Crippen LogP contribution is 2.43. The van der Waals surface area contributed by atoms with Crippen molar-refractivity contribution in [2.24, 2.45) is 5.73 Å². The number of nitrogens with zero attached hydrogens (tertiary/aromatic N) is 1. The zero-order valence-corrected chi connectivity index (χ0v) is 26.4. The number of carboxylic acids is 1. The molecule has 0 bridgehead atoms. The number of fused-ring (bicyclic) bond motifs is 3. The molecule has 6 N–H and O–H groups in total. The number of carbonyl (C=O) groups is 5. The monoisotopic (exact) mass is 653 g/mol. The van der Waals surface area contributed by atoms with Crippen LogP contribution in [0.15, 0.2) is 47.8 Å². The summed E-state index contributed by atoms with van der Waals surface area (Å²) in [6.45, 7) is 4.48. The molecule has 2 aliphatic heterocycles. The highest BCUT2D eigenvalue weighted by Gasteiger charge is 2.30. The number of piperidine rings is 1. The Balaban J connectivity index is 1.44. The molecule has 0 radical (unpaired) electrons. The third-order valence-electron chi connectivity index (χ3n) is 8.22. The molecular formula is C34H31N5O7S. The van der Waals surface area contributed by atoms with Crippen molar-refractivity contribution in [3.8, 4) is 27.3 Å². The summed E-state index contributed by atoms with van der Waals surface area (Å²) in [7, 11) is 0. The van der Waals surface area contributed by atoms with E-state index in [2.05, 4.69) is 20.9 Å². The van der Waals surface area contributed by atoms with Crippen molar-refractivity contribution in [1.82, 2.24) is 15.6 Å². The molecule has 13 heteroatoms. The minimum atomic E-state index is -1.43. The van der Waals surface area contributed by atoms with Gasteiger partial charge in [-0.3, -0.25) is 24.5 Å². The van der Waals surface area contributed by atoms with Crippen LogP contribution in [0.25, 0.3) is 21.6 Å². The largest absolute Gasteiger partial charge is 0.493 e. The molecule has 2 aromatic heterocycles. The van der Waals surface area contributed by atoms with Gasteiger partial charge in [-0.05, 0) is 78.2 Å². The molecule has 47 heavy (non-hydrogen) atoms. The van der Waals surface area contributed by atoms with E-state index in [1.54, 1.807) is 12.1 Å². The van der Waals surface area contributed by atoms with Gasteiger partial charge in [0.15, 0.2) is 5.69 Å². The van der Waals surface area contributed by atoms with E-state index in [0.717, 1.165) is 27.1 Å². The van der Waals surface area contributed by atoms with Gasteiger partial charge in [0.25, 0.3) is 11.8 Å². The minimum Gasteiger partial charge on any atom is -0.493 e. The number of aromatic nitrogens is 1. The summed E-state index contributed by atoms with van der Waals surface area (Å²) in [5, 5.41) is 19.9. The van der Waals surface area contributed by atoms with Crippen LogP contribution in [0.5, 0.6) is 5.75 Å². The first-order chi connectivity index (χ1) is 22.5. The molecule has 240 valence electrons. The molecule has 1 saturated heterocycles. The third-order valence-corrected chi connectivity index (χ3v) is 9.21. The number of ether oxygens (including phenoxy) is 1. The molecule has 0 saturated carbocycles. The van der Waals surface area contributed by atoms with Gasteiger partial charge in [0, 0.05) is 52.2 Å². The Kier molecular flexibility index (Phi) is 8.58. The number of pyridine rings is 1. The number of aromatic carboxylic acids is 1. The van der Waals surface area contributed by atoms with Crippen LogP contribution in [0, 0.1) is 13.8 Å². The van der Waals surface area contributed by atoms with Gasteiger partial charge in [-0.2, -0.15) is 0 Å². The molecule has 2 aliphatic rings. The van der Waals surface area contributed by atoms with Crippen molar-refractivity contribution in [1.29, 1.82) is 0 Å². The molecule has 0 spiro atoms. The maximum Gasteiger partial charge on any atom is 0.355 e. The number of imide groups is 1. The van der Waals surface area contributed by atoms with Gasteiger partial charge in [-0.15, -0.1) is 11.3 Å². The first-order valence-electron chi connectivity index (χ1n) is 14.9. The summed E-state index contributed by atoms with van der Waals surface area (Å²) in [5.74, 6) is -3.30. The SMILES string of the molecule is Cc1cc(CN)cc(C)c1NC(=O)c1cc2c(cc1-c1ccc(C(=O)NC3CCC(=O)NC3=O)nc1C(=O)O)OCCc1ccsc1-2. The van der Waals surface area contributed by atoms with Crippen LogP contribution in [-0.2, 0) is 22.6 Å². The second-order valence-corrected chi connectivity index (χ2v) is 12.3. The number of carbonyl (C=O) groups excluding carboxylic acids is 4. The first kappa shape index (κ1) is 31.6. The molecule has 2 aromatic carbocycles. The zero-order valence-electron chi connectivity index (χ0n) is 25.6. The number of nitrogens with one attached hydrogen (secondary N) is 3.